The Morgan fingerprint density at radius 3 is 2.33 bits per heavy atom. The first-order valence-corrected chi connectivity index (χ1v) is 9.39. The molecule has 7 nitrogen and oxygen atoms in total. The third-order valence-corrected chi connectivity index (χ3v) is 6.42. The number of sulfonamides is 2. The molecular weight excluding hydrogens is 314 g/mol. The zero-order chi connectivity index (χ0) is 16.3. The highest BCUT2D eigenvalue weighted by Crippen LogP contribution is 2.16. The monoisotopic (exact) mass is 335 g/mol. The lowest BCUT2D eigenvalue weighted by Gasteiger charge is -2.13. The molecule has 0 fully saturated rings. The van der Waals surface area contributed by atoms with E-state index < -0.39 is 20.0 Å². The molecule has 0 heterocycles. The van der Waals surface area contributed by atoms with Crippen LogP contribution in [0.25, 0.3) is 0 Å². The van der Waals surface area contributed by atoms with Crippen molar-refractivity contribution in [1.29, 1.82) is 0 Å². The molecule has 120 valence electrons. The SMILES string of the molecule is Cc1ccc(CN)cc1S(=O)(=O)NCCS(=O)(=O)N(C)C. The Bertz CT molecular complexity index is 697. The zero-order valence-corrected chi connectivity index (χ0v) is 14.0. The molecule has 0 bridgehead atoms. The summed E-state index contributed by atoms with van der Waals surface area (Å²) in [7, 11) is -4.40. The molecule has 0 saturated heterocycles. The minimum absolute atomic E-state index is 0.118. The van der Waals surface area contributed by atoms with Crippen molar-refractivity contribution in [2.45, 2.75) is 18.4 Å². The number of aryl methyl sites for hydroxylation is 1. The van der Waals surface area contributed by atoms with Crippen LogP contribution in [0, 0.1) is 6.92 Å². The molecule has 0 spiro atoms. The van der Waals surface area contributed by atoms with Crippen molar-refractivity contribution in [3.05, 3.63) is 29.3 Å². The summed E-state index contributed by atoms with van der Waals surface area (Å²) in [5.41, 5.74) is 6.78. The molecule has 0 saturated carbocycles. The average molecular weight is 335 g/mol. The molecule has 0 aliphatic carbocycles. The lowest BCUT2D eigenvalue weighted by Crippen LogP contribution is -2.34. The van der Waals surface area contributed by atoms with Gasteiger partial charge in [-0.1, -0.05) is 12.1 Å². The molecule has 0 atom stereocenters. The van der Waals surface area contributed by atoms with Gasteiger partial charge in [0.2, 0.25) is 20.0 Å². The van der Waals surface area contributed by atoms with Gasteiger partial charge in [-0.3, -0.25) is 0 Å². The summed E-state index contributed by atoms with van der Waals surface area (Å²) in [6.45, 7) is 1.72. The Morgan fingerprint density at radius 1 is 1.19 bits per heavy atom. The molecule has 0 aliphatic rings. The first kappa shape index (κ1) is 18.1. The molecule has 0 aliphatic heterocycles. The van der Waals surface area contributed by atoms with E-state index in [0.29, 0.717) is 11.1 Å². The molecular formula is C12H21N3O4S2. The molecule has 9 heteroatoms. The Kier molecular flexibility index (Phi) is 5.88. The van der Waals surface area contributed by atoms with Gasteiger partial charge in [-0.15, -0.1) is 0 Å². The Balaban J connectivity index is 2.88. The molecule has 0 unspecified atom stereocenters. The van der Waals surface area contributed by atoms with E-state index in [1.807, 2.05) is 0 Å². The molecule has 1 rings (SSSR count). The second kappa shape index (κ2) is 6.84. The summed E-state index contributed by atoms with van der Waals surface area (Å²) in [5.74, 6) is -0.297. The highest BCUT2D eigenvalue weighted by Gasteiger charge is 2.19. The standard InChI is InChI=1S/C12H21N3O4S2/c1-10-4-5-11(9-13)8-12(10)21(18,19)14-6-7-20(16,17)15(2)3/h4-5,8,14H,6-7,9,13H2,1-3H3. The van der Waals surface area contributed by atoms with E-state index >= 15 is 0 Å². The highest BCUT2D eigenvalue weighted by atomic mass is 32.2. The van der Waals surface area contributed by atoms with Gasteiger partial charge in [0.25, 0.3) is 0 Å². The van der Waals surface area contributed by atoms with Gasteiger partial charge in [-0.2, -0.15) is 0 Å². The van der Waals surface area contributed by atoms with E-state index in [0.717, 1.165) is 4.31 Å². The first-order chi connectivity index (χ1) is 9.60. The maximum absolute atomic E-state index is 12.2. The second-order valence-electron chi connectivity index (χ2n) is 4.80. The second-order valence-corrected chi connectivity index (χ2v) is 8.84. The van der Waals surface area contributed by atoms with Gasteiger partial charge >= 0.3 is 0 Å². The van der Waals surface area contributed by atoms with Gasteiger partial charge in [0.1, 0.15) is 0 Å². The summed E-state index contributed by atoms with van der Waals surface area (Å²) >= 11 is 0. The Labute approximate surface area is 126 Å². The van der Waals surface area contributed by atoms with Gasteiger partial charge in [0.15, 0.2) is 0 Å². The van der Waals surface area contributed by atoms with Crippen molar-refractivity contribution in [3.8, 4) is 0 Å². The lowest BCUT2D eigenvalue weighted by molar-refractivity contribution is 0.519. The predicted molar refractivity (Wildman–Crippen MR) is 81.7 cm³/mol. The topological polar surface area (TPSA) is 110 Å². The molecule has 0 aromatic heterocycles. The number of nitrogens with one attached hydrogen (secondary N) is 1. The van der Waals surface area contributed by atoms with Crippen LogP contribution in [0.1, 0.15) is 11.1 Å². The smallest absolute Gasteiger partial charge is 0.240 e. The van der Waals surface area contributed by atoms with Gasteiger partial charge < -0.3 is 5.73 Å². The predicted octanol–water partition coefficient (Wildman–Crippen LogP) is -0.377. The number of rotatable bonds is 7. The van der Waals surface area contributed by atoms with E-state index in [2.05, 4.69) is 4.72 Å². The number of hydrogen-bond donors (Lipinski definition) is 2. The molecule has 1 aromatic carbocycles. The summed E-state index contributed by atoms with van der Waals surface area (Å²) in [5, 5.41) is 0. The summed E-state index contributed by atoms with van der Waals surface area (Å²) in [6.07, 6.45) is 0. The maximum atomic E-state index is 12.2. The van der Waals surface area contributed by atoms with Crippen molar-refractivity contribution in [2.75, 3.05) is 26.4 Å². The molecule has 1 aromatic rings. The van der Waals surface area contributed by atoms with Crippen LogP contribution in [0.15, 0.2) is 23.1 Å². The maximum Gasteiger partial charge on any atom is 0.240 e. The van der Waals surface area contributed by atoms with Crippen LogP contribution in [0.4, 0.5) is 0 Å². The summed E-state index contributed by atoms with van der Waals surface area (Å²) in [4.78, 5) is 0.118. The third-order valence-electron chi connectivity index (χ3n) is 2.99. The van der Waals surface area contributed by atoms with Gasteiger partial charge in [0, 0.05) is 27.2 Å². The van der Waals surface area contributed by atoms with Crippen molar-refractivity contribution in [1.82, 2.24) is 9.03 Å². The molecule has 0 radical (unpaired) electrons. The quantitative estimate of drug-likeness (QED) is 0.706. The van der Waals surface area contributed by atoms with E-state index in [9.17, 15) is 16.8 Å². The Hall–Kier alpha value is -1.00. The van der Waals surface area contributed by atoms with Crippen molar-refractivity contribution in [2.24, 2.45) is 5.73 Å². The zero-order valence-electron chi connectivity index (χ0n) is 12.3. The normalized spacial score (nSPS) is 12.8. The fourth-order valence-corrected chi connectivity index (χ4v) is 3.81. The molecule has 3 N–H and O–H groups in total. The van der Waals surface area contributed by atoms with Crippen LogP contribution in [0.2, 0.25) is 0 Å². The van der Waals surface area contributed by atoms with Crippen LogP contribution in [-0.2, 0) is 26.6 Å². The fraction of sp³-hybridized carbons (Fsp3) is 0.500. The van der Waals surface area contributed by atoms with Crippen molar-refractivity contribution < 1.29 is 16.8 Å². The van der Waals surface area contributed by atoms with E-state index in [4.69, 9.17) is 5.73 Å². The Morgan fingerprint density at radius 2 is 1.81 bits per heavy atom. The van der Waals surface area contributed by atoms with E-state index in [-0.39, 0.29) is 23.7 Å². The van der Waals surface area contributed by atoms with E-state index in [1.54, 1.807) is 19.1 Å². The minimum Gasteiger partial charge on any atom is -0.326 e. The van der Waals surface area contributed by atoms with E-state index in [1.165, 1.54) is 20.2 Å². The number of benzene rings is 1. The summed E-state index contributed by atoms with van der Waals surface area (Å²) < 4.78 is 51.0. The van der Waals surface area contributed by atoms with Crippen LogP contribution in [0.3, 0.4) is 0 Å². The first-order valence-electron chi connectivity index (χ1n) is 6.29. The number of nitrogens with two attached hydrogens (primary N) is 1. The average Bonchev–Trinajstić information content (AvgIpc) is 2.38. The van der Waals surface area contributed by atoms with Gasteiger partial charge in [-0.25, -0.2) is 25.9 Å². The van der Waals surface area contributed by atoms with Crippen LogP contribution in [-0.4, -0.2) is 47.5 Å². The summed E-state index contributed by atoms with van der Waals surface area (Å²) in [6, 6.07) is 4.93. The number of nitrogens with zero attached hydrogens (tertiary/aromatic N) is 1. The number of hydrogen-bond acceptors (Lipinski definition) is 5. The fourth-order valence-electron chi connectivity index (χ4n) is 1.63. The third kappa shape index (κ3) is 4.75. The van der Waals surface area contributed by atoms with Gasteiger partial charge in [-0.05, 0) is 24.1 Å². The van der Waals surface area contributed by atoms with Crippen LogP contribution >= 0.6 is 0 Å². The largest absolute Gasteiger partial charge is 0.326 e. The minimum atomic E-state index is -3.76. The highest BCUT2D eigenvalue weighted by molar-refractivity contribution is 7.90. The molecule has 21 heavy (non-hydrogen) atoms. The molecule has 0 amide bonds. The lowest BCUT2D eigenvalue weighted by atomic mass is 10.1. The van der Waals surface area contributed by atoms with Crippen molar-refractivity contribution in [3.63, 3.8) is 0 Å². The van der Waals surface area contributed by atoms with Crippen molar-refractivity contribution >= 4 is 20.0 Å². The van der Waals surface area contributed by atoms with Crippen LogP contribution < -0.4 is 10.5 Å². The van der Waals surface area contributed by atoms with Gasteiger partial charge in [0.05, 0.1) is 10.6 Å². The van der Waals surface area contributed by atoms with Crippen LogP contribution in [0.5, 0.6) is 0 Å².